The number of hydrogen-bond donors (Lipinski definition) is 0. The second-order valence-electron chi connectivity index (χ2n) is 4.99. The predicted molar refractivity (Wildman–Crippen MR) is 57.9 cm³/mol. The maximum absolute atomic E-state index is 12.9. The summed E-state index contributed by atoms with van der Waals surface area (Å²) in [5.74, 6) is -2.49. The Morgan fingerprint density at radius 3 is 2.40 bits per heavy atom. The second-order valence-corrected chi connectivity index (χ2v) is 5.72. The lowest BCUT2D eigenvalue weighted by Crippen LogP contribution is -2.32. The summed E-state index contributed by atoms with van der Waals surface area (Å²) >= 11 is 0. The van der Waals surface area contributed by atoms with Crippen LogP contribution in [0.4, 0.5) is 8.78 Å². The summed E-state index contributed by atoms with van der Waals surface area (Å²) in [5, 5.41) is 0. The summed E-state index contributed by atoms with van der Waals surface area (Å²) in [6.07, 6.45) is 2.06. The number of ether oxygens (including phenoxy) is 1. The normalized spacial score (nSPS) is 36.8. The predicted octanol–water partition coefficient (Wildman–Crippen LogP) is 2.30. The minimum atomic E-state index is -2.49. The van der Waals surface area contributed by atoms with Crippen LogP contribution in [0.15, 0.2) is 0 Å². The van der Waals surface area contributed by atoms with Crippen LogP contribution in [0, 0.1) is 5.41 Å². The SMILES string of the molecule is CC1(COC2CCN(P)CC2)CC1(F)F. The maximum Gasteiger partial charge on any atom is 0.256 e. The van der Waals surface area contributed by atoms with Crippen LogP contribution in [0.2, 0.25) is 0 Å². The van der Waals surface area contributed by atoms with Crippen molar-refractivity contribution < 1.29 is 13.5 Å². The molecule has 0 N–H and O–H groups in total. The van der Waals surface area contributed by atoms with Crippen molar-refractivity contribution in [1.29, 1.82) is 0 Å². The van der Waals surface area contributed by atoms with E-state index in [0.717, 1.165) is 25.9 Å². The summed E-state index contributed by atoms with van der Waals surface area (Å²) < 4.78 is 33.5. The quantitative estimate of drug-likeness (QED) is 0.698. The molecule has 0 aromatic rings. The van der Waals surface area contributed by atoms with Crippen LogP contribution in [0.3, 0.4) is 0 Å². The fourth-order valence-electron chi connectivity index (χ4n) is 1.95. The summed E-state index contributed by atoms with van der Waals surface area (Å²) in [5.41, 5.74) is -0.884. The van der Waals surface area contributed by atoms with Crippen LogP contribution < -0.4 is 0 Å². The van der Waals surface area contributed by atoms with Crippen LogP contribution in [-0.4, -0.2) is 36.4 Å². The van der Waals surface area contributed by atoms with Gasteiger partial charge in [0, 0.05) is 19.5 Å². The van der Waals surface area contributed by atoms with Gasteiger partial charge >= 0.3 is 0 Å². The van der Waals surface area contributed by atoms with Crippen molar-refractivity contribution in [3.63, 3.8) is 0 Å². The van der Waals surface area contributed by atoms with E-state index < -0.39 is 11.3 Å². The van der Waals surface area contributed by atoms with Gasteiger partial charge in [-0.2, -0.15) is 0 Å². The zero-order chi connectivity index (χ0) is 11.1. The third-order valence-electron chi connectivity index (χ3n) is 3.48. The second kappa shape index (κ2) is 3.90. The van der Waals surface area contributed by atoms with Crippen molar-refractivity contribution in [2.75, 3.05) is 19.7 Å². The molecule has 5 heteroatoms. The highest BCUT2D eigenvalue weighted by Crippen LogP contribution is 2.60. The highest BCUT2D eigenvalue weighted by atomic mass is 31.0. The fourth-order valence-corrected chi connectivity index (χ4v) is 2.24. The molecule has 0 bridgehead atoms. The van der Waals surface area contributed by atoms with Gasteiger partial charge in [-0.1, -0.05) is 16.3 Å². The van der Waals surface area contributed by atoms with Crippen molar-refractivity contribution in [3.05, 3.63) is 0 Å². The fraction of sp³-hybridized carbons (Fsp3) is 1.00. The Labute approximate surface area is 91.6 Å². The van der Waals surface area contributed by atoms with Crippen LogP contribution >= 0.6 is 9.39 Å². The molecule has 2 nitrogen and oxygen atoms in total. The van der Waals surface area contributed by atoms with Crippen molar-refractivity contribution in [2.45, 2.75) is 38.2 Å². The van der Waals surface area contributed by atoms with E-state index in [-0.39, 0.29) is 19.1 Å². The van der Waals surface area contributed by atoms with E-state index in [4.69, 9.17) is 4.74 Å². The lowest BCUT2D eigenvalue weighted by atomic mass is 10.1. The molecule has 1 heterocycles. The molecule has 1 aliphatic carbocycles. The monoisotopic (exact) mass is 237 g/mol. The number of rotatable bonds is 3. The Morgan fingerprint density at radius 2 is 1.93 bits per heavy atom. The molecule has 1 saturated heterocycles. The van der Waals surface area contributed by atoms with Gasteiger partial charge in [0.15, 0.2) is 0 Å². The van der Waals surface area contributed by atoms with Crippen LogP contribution in [0.25, 0.3) is 0 Å². The number of piperidine rings is 1. The summed E-state index contributed by atoms with van der Waals surface area (Å²) in [6, 6.07) is 0. The van der Waals surface area contributed by atoms with E-state index in [1.165, 1.54) is 0 Å². The van der Waals surface area contributed by atoms with Crippen molar-refractivity contribution in [2.24, 2.45) is 5.41 Å². The van der Waals surface area contributed by atoms with Gasteiger partial charge in [0.2, 0.25) is 0 Å². The Kier molecular flexibility index (Phi) is 3.04. The largest absolute Gasteiger partial charge is 0.377 e. The zero-order valence-electron chi connectivity index (χ0n) is 9.01. The maximum atomic E-state index is 12.9. The first kappa shape index (κ1) is 11.7. The number of nitrogens with zero attached hydrogens (tertiary/aromatic N) is 1. The lowest BCUT2D eigenvalue weighted by molar-refractivity contribution is -0.0315. The van der Waals surface area contributed by atoms with E-state index in [1.807, 2.05) is 0 Å². The molecule has 1 aliphatic heterocycles. The molecule has 1 saturated carbocycles. The average molecular weight is 237 g/mol. The molecule has 2 rings (SSSR count). The van der Waals surface area contributed by atoms with E-state index in [2.05, 4.69) is 14.1 Å². The van der Waals surface area contributed by atoms with Gasteiger partial charge in [0.05, 0.1) is 18.1 Å². The molecule has 0 spiro atoms. The molecule has 2 fully saturated rings. The van der Waals surface area contributed by atoms with Crippen molar-refractivity contribution >= 4 is 9.39 Å². The van der Waals surface area contributed by atoms with Gasteiger partial charge < -0.3 is 4.74 Å². The zero-order valence-corrected chi connectivity index (χ0v) is 10.2. The minimum Gasteiger partial charge on any atom is -0.377 e. The molecule has 0 aromatic heterocycles. The van der Waals surface area contributed by atoms with Gasteiger partial charge in [-0.05, 0) is 12.8 Å². The van der Waals surface area contributed by atoms with Gasteiger partial charge in [-0.3, -0.25) is 4.67 Å². The summed E-state index contributed by atoms with van der Waals surface area (Å²) in [4.78, 5) is 0. The van der Waals surface area contributed by atoms with E-state index >= 15 is 0 Å². The summed E-state index contributed by atoms with van der Waals surface area (Å²) in [6.45, 7) is 3.77. The number of alkyl halides is 2. The molecular weight excluding hydrogens is 219 g/mol. The smallest absolute Gasteiger partial charge is 0.256 e. The number of hydrogen-bond acceptors (Lipinski definition) is 2. The Balaban J connectivity index is 1.71. The lowest BCUT2D eigenvalue weighted by Gasteiger charge is -2.29. The van der Waals surface area contributed by atoms with Crippen LogP contribution in [0.5, 0.6) is 0 Å². The molecule has 15 heavy (non-hydrogen) atoms. The molecule has 88 valence electrons. The third kappa shape index (κ3) is 2.48. The first-order valence-corrected chi connectivity index (χ1v) is 5.94. The number of halogens is 2. The van der Waals surface area contributed by atoms with Crippen molar-refractivity contribution in [1.82, 2.24) is 4.67 Å². The third-order valence-corrected chi connectivity index (χ3v) is 4.00. The molecule has 0 amide bonds. The Bertz CT molecular complexity index is 244. The van der Waals surface area contributed by atoms with Gasteiger partial charge in [0.25, 0.3) is 5.92 Å². The van der Waals surface area contributed by atoms with Gasteiger partial charge in [-0.15, -0.1) is 0 Å². The molecule has 2 atom stereocenters. The molecular formula is C10H18F2NOP. The molecule has 2 aliphatic rings. The van der Waals surface area contributed by atoms with Gasteiger partial charge in [-0.25, -0.2) is 8.78 Å². The van der Waals surface area contributed by atoms with E-state index in [1.54, 1.807) is 6.92 Å². The standard InChI is InChI=1S/C10H18F2NOP/c1-9(6-10(9,11)12)7-14-8-2-4-13(15)5-3-8/h8H,2-7,15H2,1H3. The van der Waals surface area contributed by atoms with E-state index in [0.29, 0.717) is 0 Å². The molecule has 0 radical (unpaired) electrons. The van der Waals surface area contributed by atoms with Crippen LogP contribution in [-0.2, 0) is 4.74 Å². The van der Waals surface area contributed by atoms with Crippen molar-refractivity contribution in [3.8, 4) is 0 Å². The van der Waals surface area contributed by atoms with Crippen LogP contribution in [0.1, 0.15) is 26.2 Å². The average Bonchev–Trinajstić information content (AvgIpc) is 2.66. The minimum absolute atomic E-state index is 0.0114. The topological polar surface area (TPSA) is 12.5 Å². The highest BCUT2D eigenvalue weighted by molar-refractivity contribution is 7.13. The first-order chi connectivity index (χ1) is 6.93. The Hall–Kier alpha value is 0.210. The first-order valence-electron chi connectivity index (χ1n) is 5.42. The highest BCUT2D eigenvalue weighted by Gasteiger charge is 2.68. The van der Waals surface area contributed by atoms with E-state index in [9.17, 15) is 8.78 Å². The molecule has 0 aromatic carbocycles. The Morgan fingerprint density at radius 1 is 1.40 bits per heavy atom. The van der Waals surface area contributed by atoms with Gasteiger partial charge in [0.1, 0.15) is 0 Å². The molecule has 2 unspecified atom stereocenters. The summed E-state index contributed by atoms with van der Waals surface area (Å²) in [7, 11) is 2.66.